The fourth-order valence-electron chi connectivity index (χ4n) is 1.55. The van der Waals surface area contributed by atoms with Gasteiger partial charge in [-0.05, 0) is 12.1 Å². The molecule has 0 bridgehead atoms. The van der Waals surface area contributed by atoms with Crippen LogP contribution in [0.5, 0.6) is 0 Å². The summed E-state index contributed by atoms with van der Waals surface area (Å²) < 4.78 is 1.37. The van der Waals surface area contributed by atoms with Crippen LogP contribution in [-0.2, 0) is 17.9 Å². The summed E-state index contributed by atoms with van der Waals surface area (Å²) >= 11 is 0. The number of amides is 1. The highest BCUT2D eigenvalue weighted by Crippen LogP contribution is 2.02. The van der Waals surface area contributed by atoms with Crippen LogP contribution in [0.4, 0.5) is 0 Å². The maximum absolute atomic E-state index is 11.8. The molecule has 2 rings (SSSR count). The molecule has 0 aliphatic heterocycles. The van der Waals surface area contributed by atoms with Gasteiger partial charge in [-0.3, -0.25) is 9.59 Å². The van der Waals surface area contributed by atoms with Crippen molar-refractivity contribution in [3.8, 4) is 0 Å². The van der Waals surface area contributed by atoms with Gasteiger partial charge in [0.15, 0.2) is 0 Å². The molecule has 0 atom stereocenters. The maximum Gasteiger partial charge on any atom is 0.323 e. The molecule has 2 heterocycles. The fraction of sp³-hybridized carbons (Fsp3) is 0.182. The molecule has 0 aliphatic rings. The third kappa shape index (κ3) is 2.76. The van der Waals surface area contributed by atoms with Crippen LogP contribution in [-0.4, -0.2) is 31.5 Å². The Kier molecular flexibility index (Phi) is 3.42. The van der Waals surface area contributed by atoms with Crippen molar-refractivity contribution in [2.45, 2.75) is 13.1 Å². The first kappa shape index (κ1) is 11.9. The third-order valence-electron chi connectivity index (χ3n) is 2.34. The number of H-pyrrole nitrogens is 1. The van der Waals surface area contributed by atoms with Crippen molar-refractivity contribution in [3.05, 3.63) is 42.2 Å². The van der Waals surface area contributed by atoms with Crippen molar-refractivity contribution in [2.75, 3.05) is 0 Å². The number of carboxylic acid groups (broad SMARTS) is 1. The van der Waals surface area contributed by atoms with E-state index in [9.17, 15) is 9.59 Å². The minimum absolute atomic E-state index is 0.240. The highest BCUT2D eigenvalue weighted by Gasteiger charge is 2.12. The summed E-state index contributed by atoms with van der Waals surface area (Å²) in [6, 6.07) is 3.20. The Labute approximate surface area is 102 Å². The van der Waals surface area contributed by atoms with E-state index in [1.54, 1.807) is 30.7 Å². The Morgan fingerprint density at radius 1 is 1.50 bits per heavy atom. The number of hydrogen-bond acceptors (Lipinski definition) is 3. The van der Waals surface area contributed by atoms with E-state index in [-0.39, 0.29) is 19.0 Å². The molecule has 0 spiro atoms. The first-order chi connectivity index (χ1) is 8.66. The number of nitrogens with one attached hydrogen (secondary N) is 2. The minimum atomic E-state index is -0.994. The summed E-state index contributed by atoms with van der Waals surface area (Å²) in [5.41, 5.74) is 0.309. The van der Waals surface area contributed by atoms with E-state index >= 15 is 0 Å². The topological polar surface area (TPSA) is 100 Å². The molecule has 0 aliphatic carbocycles. The van der Waals surface area contributed by atoms with Gasteiger partial charge in [-0.1, -0.05) is 0 Å². The molecule has 18 heavy (non-hydrogen) atoms. The van der Waals surface area contributed by atoms with Crippen LogP contribution in [0.1, 0.15) is 16.3 Å². The predicted octanol–water partition coefficient (Wildman–Crippen LogP) is 0.226. The van der Waals surface area contributed by atoms with Gasteiger partial charge in [-0.15, -0.1) is 0 Å². The quantitative estimate of drug-likeness (QED) is 0.705. The van der Waals surface area contributed by atoms with Crippen molar-refractivity contribution >= 4 is 11.9 Å². The van der Waals surface area contributed by atoms with Crippen LogP contribution in [0.3, 0.4) is 0 Å². The number of hydrogen-bond donors (Lipinski definition) is 3. The largest absolute Gasteiger partial charge is 0.480 e. The Morgan fingerprint density at radius 3 is 3.00 bits per heavy atom. The summed E-state index contributed by atoms with van der Waals surface area (Å²) in [5.74, 6) is -0.691. The lowest BCUT2D eigenvalue weighted by atomic mass is 10.4. The summed E-state index contributed by atoms with van der Waals surface area (Å²) in [6.45, 7) is 0.0284. The zero-order chi connectivity index (χ0) is 13.0. The van der Waals surface area contributed by atoms with Crippen molar-refractivity contribution in [2.24, 2.45) is 0 Å². The Bertz CT molecular complexity index is 544. The summed E-state index contributed by atoms with van der Waals surface area (Å²) in [4.78, 5) is 29.3. The van der Waals surface area contributed by atoms with E-state index in [2.05, 4.69) is 15.3 Å². The Morgan fingerprint density at radius 2 is 2.33 bits per heavy atom. The van der Waals surface area contributed by atoms with Crippen LogP contribution < -0.4 is 5.32 Å². The monoisotopic (exact) mass is 248 g/mol. The highest BCUT2D eigenvalue weighted by atomic mass is 16.4. The summed E-state index contributed by atoms with van der Waals surface area (Å²) in [7, 11) is 0. The molecule has 3 N–H and O–H groups in total. The first-order valence-corrected chi connectivity index (χ1v) is 5.30. The number of carbonyl (C=O) groups excluding carboxylic acids is 1. The second-order valence-corrected chi connectivity index (χ2v) is 3.63. The molecule has 7 nitrogen and oxygen atoms in total. The molecule has 0 aromatic carbocycles. The standard InChI is InChI=1S/C11H12N4O3/c16-10(17)7-15-5-1-2-8(15)11(18)14-6-9-12-3-4-13-9/h1-5H,6-7H2,(H,12,13)(H,14,18)(H,16,17). The normalized spacial score (nSPS) is 10.2. The zero-order valence-corrected chi connectivity index (χ0v) is 9.46. The number of nitrogens with zero attached hydrogens (tertiary/aromatic N) is 2. The molecule has 0 saturated carbocycles. The number of rotatable bonds is 5. The van der Waals surface area contributed by atoms with E-state index < -0.39 is 5.97 Å². The number of carbonyl (C=O) groups is 2. The van der Waals surface area contributed by atoms with Gasteiger partial charge in [0.25, 0.3) is 5.91 Å². The van der Waals surface area contributed by atoms with Crippen LogP contribution in [0.15, 0.2) is 30.7 Å². The molecule has 0 fully saturated rings. The van der Waals surface area contributed by atoms with E-state index in [4.69, 9.17) is 5.11 Å². The van der Waals surface area contributed by atoms with E-state index in [0.717, 1.165) is 0 Å². The fourth-order valence-corrected chi connectivity index (χ4v) is 1.55. The van der Waals surface area contributed by atoms with Crippen molar-refractivity contribution < 1.29 is 14.7 Å². The second-order valence-electron chi connectivity index (χ2n) is 3.63. The summed E-state index contributed by atoms with van der Waals surface area (Å²) in [6.07, 6.45) is 4.80. The van der Waals surface area contributed by atoms with Crippen LogP contribution in [0.2, 0.25) is 0 Å². The van der Waals surface area contributed by atoms with Crippen LogP contribution in [0.25, 0.3) is 0 Å². The number of aromatic nitrogens is 3. The van der Waals surface area contributed by atoms with Gasteiger partial charge in [-0.25, -0.2) is 4.98 Å². The van der Waals surface area contributed by atoms with Gasteiger partial charge in [0.05, 0.1) is 6.54 Å². The molecule has 2 aromatic heterocycles. The Hall–Kier alpha value is -2.57. The second kappa shape index (κ2) is 5.17. The van der Waals surface area contributed by atoms with Gasteiger partial charge in [-0.2, -0.15) is 0 Å². The Balaban J connectivity index is 2.00. The first-order valence-electron chi connectivity index (χ1n) is 5.30. The highest BCUT2D eigenvalue weighted by molar-refractivity contribution is 5.93. The minimum Gasteiger partial charge on any atom is -0.480 e. The third-order valence-corrected chi connectivity index (χ3v) is 2.34. The molecule has 7 heteroatoms. The van der Waals surface area contributed by atoms with Gasteiger partial charge >= 0.3 is 5.97 Å². The molecule has 1 amide bonds. The van der Waals surface area contributed by atoms with E-state index in [1.807, 2.05) is 0 Å². The van der Waals surface area contributed by atoms with Gasteiger partial charge in [0, 0.05) is 18.6 Å². The molecule has 2 aromatic rings. The average molecular weight is 248 g/mol. The van der Waals surface area contributed by atoms with Crippen LogP contribution in [0, 0.1) is 0 Å². The summed E-state index contributed by atoms with van der Waals surface area (Å²) in [5, 5.41) is 11.4. The van der Waals surface area contributed by atoms with Gasteiger partial charge in [0.2, 0.25) is 0 Å². The molecule has 0 unspecified atom stereocenters. The van der Waals surface area contributed by atoms with E-state index in [0.29, 0.717) is 11.5 Å². The van der Waals surface area contributed by atoms with Crippen LogP contribution >= 0.6 is 0 Å². The lowest BCUT2D eigenvalue weighted by molar-refractivity contribution is -0.137. The van der Waals surface area contributed by atoms with Crippen molar-refractivity contribution in [1.29, 1.82) is 0 Å². The smallest absolute Gasteiger partial charge is 0.323 e. The maximum atomic E-state index is 11.8. The zero-order valence-electron chi connectivity index (χ0n) is 9.46. The van der Waals surface area contributed by atoms with E-state index in [1.165, 1.54) is 4.57 Å². The lowest BCUT2D eigenvalue weighted by Crippen LogP contribution is -2.26. The van der Waals surface area contributed by atoms with Gasteiger partial charge < -0.3 is 20.0 Å². The number of aromatic amines is 1. The van der Waals surface area contributed by atoms with Crippen molar-refractivity contribution in [1.82, 2.24) is 19.9 Å². The molecular formula is C11H12N4O3. The molecule has 0 saturated heterocycles. The average Bonchev–Trinajstić information content (AvgIpc) is 2.95. The lowest BCUT2D eigenvalue weighted by Gasteiger charge is -2.06. The van der Waals surface area contributed by atoms with Gasteiger partial charge in [0.1, 0.15) is 18.1 Å². The number of aliphatic carboxylic acids is 1. The molecule has 94 valence electrons. The number of carboxylic acids is 1. The molecular weight excluding hydrogens is 236 g/mol. The van der Waals surface area contributed by atoms with Crippen molar-refractivity contribution in [3.63, 3.8) is 0 Å². The number of imidazole rings is 1. The molecule has 0 radical (unpaired) electrons. The predicted molar refractivity (Wildman–Crippen MR) is 61.8 cm³/mol. The SMILES string of the molecule is O=C(O)Cn1cccc1C(=O)NCc1ncc[nH]1.